The third kappa shape index (κ3) is 0.667. The van der Waals surface area contributed by atoms with Crippen molar-refractivity contribution in [3.05, 3.63) is 0 Å². The highest BCUT2D eigenvalue weighted by atomic mass is 32.1. The number of nitrogens with zero attached hydrogens (tertiary/aromatic N) is 1. The van der Waals surface area contributed by atoms with Crippen molar-refractivity contribution in [2.24, 2.45) is 0 Å². The van der Waals surface area contributed by atoms with Gasteiger partial charge in [0.2, 0.25) is 5.91 Å². The van der Waals surface area contributed by atoms with Crippen LogP contribution in [0, 0.1) is 0 Å². The lowest BCUT2D eigenvalue weighted by Gasteiger charge is -2.03. The molecule has 8 heavy (non-hydrogen) atoms. The Hall–Kier alpha value is -0.640. The summed E-state index contributed by atoms with van der Waals surface area (Å²) in [7, 11) is 1.66. The van der Waals surface area contributed by atoms with Crippen molar-refractivity contribution >= 4 is 23.2 Å². The average Bonchev–Trinajstić information content (AvgIpc) is 1.98. The van der Waals surface area contributed by atoms with Gasteiger partial charge in [-0.05, 0) is 12.2 Å². The molecule has 4 heteroatoms. The van der Waals surface area contributed by atoms with Crippen molar-refractivity contribution < 1.29 is 4.79 Å². The molecule has 0 aliphatic carbocycles. The molecule has 1 rings (SSSR count). The van der Waals surface area contributed by atoms with E-state index in [1.807, 2.05) is 0 Å². The second-order valence-corrected chi connectivity index (χ2v) is 2.00. The van der Waals surface area contributed by atoms with Gasteiger partial charge in [-0.25, -0.2) is 0 Å². The van der Waals surface area contributed by atoms with Crippen molar-refractivity contribution in [3.63, 3.8) is 0 Å². The van der Waals surface area contributed by atoms with Gasteiger partial charge in [0.05, 0.1) is 6.54 Å². The lowest BCUT2D eigenvalue weighted by Crippen LogP contribution is -2.25. The summed E-state index contributed by atoms with van der Waals surface area (Å²) in [5.41, 5.74) is 0. The predicted octanol–water partition coefficient (Wildman–Crippen LogP) is -0.667. The Balaban J connectivity index is 2.70. The molecule has 1 aliphatic heterocycles. The minimum absolute atomic E-state index is 0.0370. The summed E-state index contributed by atoms with van der Waals surface area (Å²) in [5, 5.41) is 3.25. The predicted molar refractivity (Wildman–Crippen MR) is 33.4 cm³/mol. The van der Waals surface area contributed by atoms with Crippen LogP contribution >= 0.6 is 12.2 Å². The van der Waals surface area contributed by atoms with Crippen LogP contribution in [0.15, 0.2) is 0 Å². The summed E-state index contributed by atoms with van der Waals surface area (Å²) >= 11 is 4.71. The van der Waals surface area contributed by atoms with E-state index in [-0.39, 0.29) is 5.91 Å². The first-order valence-corrected chi connectivity index (χ1v) is 2.67. The zero-order valence-corrected chi connectivity index (χ0v) is 5.29. The van der Waals surface area contributed by atoms with Gasteiger partial charge in [0.25, 0.3) is 0 Å². The van der Waals surface area contributed by atoms with Crippen molar-refractivity contribution in [1.82, 2.24) is 10.2 Å². The highest BCUT2D eigenvalue weighted by Crippen LogP contribution is 1.92. The zero-order chi connectivity index (χ0) is 6.15. The van der Waals surface area contributed by atoms with Crippen LogP contribution in [-0.4, -0.2) is 29.5 Å². The Bertz CT molecular complexity index is 129. The normalized spacial score (nSPS) is 19.4. The number of carbonyl (C=O) groups is 1. The number of likely N-dealkylation sites (N-methyl/N-ethyl adjacent to an activating group) is 1. The summed E-state index contributed by atoms with van der Waals surface area (Å²) in [6.45, 7) is 0.356. The number of hydrogen-bond donors (Lipinski definition) is 1. The second-order valence-electron chi connectivity index (χ2n) is 1.61. The van der Waals surface area contributed by atoms with Gasteiger partial charge in [-0.2, -0.15) is 0 Å². The molecule has 44 valence electrons. The summed E-state index contributed by atoms with van der Waals surface area (Å²) in [4.78, 5) is 12.0. The molecule has 1 amide bonds. The summed E-state index contributed by atoms with van der Waals surface area (Å²) < 4.78 is 0. The number of nitrogens with one attached hydrogen (secondary N) is 1. The van der Waals surface area contributed by atoms with E-state index in [1.165, 1.54) is 4.90 Å². The maximum atomic E-state index is 10.6. The minimum atomic E-state index is 0.0370. The van der Waals surface area contributed by atoms with Gasteiger partial charge in [-0.15, -0.1) is 0 Å². The molecule has 1 fully saturated rings. The van der Waals surface area contributed by atoms with Gasteiger partial charge >= 0.3 is 0 Å². The van der Waals surface area contributed by atoms with Gasteiger partial charge < -0.3 is 5.32 Å². The molecule has 1 N–H and O–H groups in total. The zero-order valence-electron chi connectivity index (χ0n) is 4.47. The van der Waals surface area contributed by atoms with E-state index in [1.54, 1.807) is 7.05 Å². The Labute approximate surface area is 52.7 Å². The van der Waals surface area contributed by atoms with E-state index in [0.717, 1.165) is 0 Å². The van der Waals surface area contributed by atoms with E-state index < -0.39 is 0 Å². The van der Waals surface area contributed by atoms with Gasteiger partial charge in [0, 0.05) is 7.05 Å². The van der Waals surface area contributed by atoms with Crippen LogP contribution < -0.4 is 5.32 Å². The van der Waals surface area contributed by atoms with Crippen LogP contribution in [0.1, 0.15) is 0 Å². The SMILES string of the molecule is CN1C(=O)CNC1=S. The first-order chi connectivity index (χ1) is 3.72. The van der Waals surface area contributed by atoms with Crippen molar-refractivity contribution in [2.75, 3.05) is 13.6 Å². The van der Waals surface area contributed by atoms with Crippen LogP contribution in [0.25, 0.3) is 0 Å². The van der Waals surface area contributed by atoms with Crippen molar-refractivity contribution in [1.29, 1.82) is 0 Å². The molecule has 0 saturated carbocycles. The quantitative estimate of drug-likeness (QED) is 0.441. The summed E-state index contributed by atoms with van der Waals surface area (Å²) in [6, 6.07) is 0. The van der Waals surface area contributed by atoms with Crippen LogP contribution in [0.4, 0.5) is 0 Å². The standard InChI is InChI=1S/C4H6N2OS/c1-6-3(7)2-5-4(6)8/h2H2,1H3,(H,5,8). The largest absolute Gasteiger partial charge is 0.353 e. The number of thiocarbonyl (C=S) groups is 1. The van der Waals surface area contributed by atoms with Crippen LogP contribution in [-0.2, 0) is 4.79 Å². The molecule has 1 aliphatic rings. The Morgan fingerprint density at radius 1 is 1.88 bits per heavy atom. The topological polar surface area (TPSA) is 32.3 Å². The highest BCUT2D eigenvalue weighted by molar-refractivity contribution is 7.80. The lowest BCUT2D eigenvalue weighted by molar-refractivity contribution is -0.123. The van der Waals surface area contributed by atoms with Crippen LogP contribution in [0.5, 0.6) is 0 Å². The van der Waals surface area contributed by atoms with Crippen molar-refractivity contribution in [2.45, 2.75) is 0 Å². The summed E-state index contributed by atoms with van der Waals surface area (Å²) in [5.74, 6) is 0.0370. The maximum Gasteiger partial charge on any atom is 0.247 e. The summed E-state index contributed by atoms with van der Waals surface area (Å²) in [6.07, 6.45) is 0. The second kappa shape index (κ2) is 1.70. The first kappa shape index (κ1) is 5.50. The van der Waals surface area contributed by atoms with Gasteiger partial charge in [0.15, 0.2) is 5.11 Å². The van der Waals surface area contributed by atoms with E-state index >= 15 is 0 Å². The number of hydrogen-bond acceptors (Lipinski definition) is 2. The molecule has 0 aromatic rings. The fourth-order valence-corrected chi connectivity index (χ4v) is 0.676. The Kier molecular flexibility index (Phi) is 1.17. The van der Waals surface area contributed by atoms with E-state index in [9.17, 15) is 4.79 Å². The number of carbonyl (C=O) groups excluding carboxylic acids is 1. The smallest absolute Gasteiger partial charge is 0.247 e. The van der Waals surface area contributed by atoms with E-state index in [0.29, 0.717) is 11.7 Å². The first-order valence-electron chi connectivity index (χ1n) is 2.26. The molecular formula is C4H6N2OS. The maximum absolute atomic E-state index is 10.6. The molecule has 0 aromatic heterocycles. The number of rotatable bonds is 0. The molecule has 0 atom stereocenters. The van der Waals surface area contributed by atoms with Gasteiger partial charge in [-0.3, -0.25) is 9.69 Å². The molecule has 0 radical (unpaired) electrons. The van der Waals surface area contributed by atoms with Crippen molar-refractivity contribution in [3.8, 4) is 0 Å². The van der Waals surface area contributed by atoms with Gasteiger partial charge in [-0.1, -0.05) is 0 Å². The molecular weight excluding hydrogens is 124 g/mol. The Morgan fingerprint density at radius 3 is 2.62 bits per heavy atom. The number of amides is 1. The fraction of sp³-hybridized carbons (Fsp3) is 0.500. The monoisotopic (exact) mass is 130 g/mol. The van der Waals surface area contributed by atoms with E-state index in [2.05, 4.69) is 5.32 Å². The molecule has 0 bridgehead atoms. The lowest BCUT2D eigenvalue weighted by atomic mass is 10.6. The van der Waals surface area contributed by atoms with Crippen LogP contribution in [0.2, 0.25) is 0 Å². The highest BCUT2D eigenvalue weighted by Gasteiger charge is 2.19. The third-order valence-electron chi connectivity index (χ3n) is 1.07. The molecule has 1 saturated heterocycles. The third-order valence-corrected chi connectivity index (χ3v) is 1.49. The molecule has 0 unspecified atom stereocenters. The molecule has 1 heterocycles. The minimum Gasteiger partial charge on any atom is -0.353 e. The molecule has 0 aromatic carbocycles. The Morgan fingerprint density at radius 2 is 2.50 bits per heavy atom. The molecule has 0 spiro atoms. The van der Waals surface area contributed by atoms with Crippen LogP contribution in [0.3, 0.4) is 0 Å². The molecule has 3 nitrogen and oxygen atoms in total. The fourth-order valence-electron chi connectivity index (χ4n) is 0.502. The van der Waals surface area contributed by atoms with Gasteiger partial charge in [0.1, 0.15) is 0 Å². The average molecular weight is 130 g/mol. The van der Waals surface area contributed by atoms with E-state index in [4.69, 9.17) is 12.2 Å².